The molecule has 8 heteroatoms. The Labute approximate surface area is 195 Å². The molecule has 1 fully saturated rings. The standard InChI is InChI=1S/C25H34N4O4/c1-3-23-26-25(33-27-23)29-15-4-5-18(14-16-29)17-32-22-12-10-20(11-13-22)19-6-8-21(9-7-19)24(30)28-31-2/h6,10-13,18,21H,3-5,7-9,14-17H2,1-2H3,(H,28,30). The summed E-state index contributed by atoms with van der Waals surface area (Å²) in [7, 11) is 1.47. The molecular weight excluding hydrogens is 420 g/mol. The van der Waals surface area contributed by atoms with Crippen LogP contribution in [0.15, 0.2) is 34.9 Å². The van der Waals surface area contributed by atoms with E-state index >= 15 is 0 Å². The lowest BCUT2D eigenvalue weighted by Crippen LogP contribution is -2.30. The monoisotopic (exact) mass is 454 g/mol. The van der Waals surface area contributed by atoms with Gasteiger partial charge in [0.15, 0.2) is 5.82 Å². The molecular formula is C25H34N4O4. The zero-order valence-electron chi connectivity index (χ0n) is 19.6. The van der Waals surface area contributed by atoms with Gasteiger partial charge in [-0.25, -0.2) is 5.48 Å². The smallest absolute Gasteiger partial charge is 0.324 e. The molecule has 1 N–H and O–H groups in total. The van der Waals surface area contributed by atoms with Crippen LogP contribution in [0.4, 0.5) is 6.01 Å². The van der Waals surface area contributed by atoms with Crippen LogP contribution in [0.2, 0.25) is 0 Å². The largest absolute Gasteiger partial charge is 0.493 e. The minimum atomic E-state index is -0.0408. The van der Waals surface area contributed by atoms with Gasteiger partial charge < -0.3 is 14.2 Å². The van der Waals surface area contributed by atoms with Crippen molar-refractivity contribution in [1.82, 2.24) is 15.6 Å². The third-order valence-corrected chi connectivity index (χ3v) is 6.59. The fourth-order valence-corrected chi connectivity index (χ4v) is 4.54. The SMILES string of the molecule is CCc1noc(N2CCCC(COc3ccc(C4=CCC(C(=O)NOC)CC4)cc3)CC2)n1. The Balaban J connectivity index is 1.24. The molecule has 8 nitrogen and oxygen atoms in total. The molecule has 0 radical (unpaired) electrons. The lowest BCUT2D eigenvalue weighted by molar-refractivity contribution is -0.135. The van der Waals surface area contributed by atoms with Crippen LogP contribution >= 0.6 is 0 Å². The molecule has 2 atom stereocenters. The summed E-state index contributed by atoms with van der Waals surface area (Å²) in [5, 5.41) is 4.02. The number of nitrogens with zero attached hydrogens (tertiary/aromatic N) is 3. The van der Waals surface area contributed by atoms with E-state index in [1.54, 1.807) is 0 Å². The van der Waals surface area contributed by atoms with E-state index in [1.165, 1.54) is 18.2 Å². The first-order chi connectivity index (χ1) is 16.2. The van der Waals surface area contributed by atoms with Crippen LogP contribution in [0.1, 0.15) is 56.8 Å². The van der Waals surface area contributed by atoms with Crippen molar-refractivity contribution in [3.8, 4) is 5.75 Å². The predicted octanol–water partition coefficient (Wildman–Crippen LogP) is 4.18. The zero-order valence-corrected chi connectivity index (χ0v) is 19.6. The van der Waals surface area contributed by atoms with Gasteiger partial charge in [0, 0.05) is 25.4 Å². The number of ether oxygens (including phenoxy) is 1. The second-order valence-corrected chi connectivity index (χ2v) is 8.84. The molecule has 4 rings (SSSR count). The number of carbonyl (C=O) groups is 1. The van der Waals surface area contributed by atoms with Crippen LogP contribution in [-0.2, 0) is 16.1 Å². The minimum Gasteiger partial charge on any atom is -0.493 e. The Bertz CT molecular complexity index is 940. The fourth-order valence-electron chi connectivity index (χ4n) is 4.54. The summed E-state index contributed by atoms with van der Waals surface area (Å²) in [6.45, 7) is 4.61. The summed E-state index contributed by atoms with van der Waals surface area (Å²) < 4.78 is 11.5. The minimum absolute atomic E-state index is 0.0136. The molecule has 1 amide bonds. The van der Waals surface area contributed by atoms with Crippen molar-refractivity contribution >= 4 is 17.5 Å². The summed E-state index contributed by atoms with van der Waals surface area (Å²) in [6, 6.07) is 8.98. The summed E-state index contributed by atoms with van der Waals surface area (Å²) in [5.74, 6) is 2.12. The molecule has 2 aliphatic rings. The maximum absolute atomic E-state index is 11.9. The van der Waals surface area contributed by atoms with Gasteiger partial charge in [-0.1, -0.05) is 30.3 Å². The summed E-state index contributed by atoms with van der Waals surface area (Å²) in [5.41, 5.74) is 4.93. The summed E-state index contributed by atoms with van der Waals surface area (Å²) in [6.07, 6.45) is 8.70. The highest BCUT2D eigenvalue weighted by atomic mass is 16.6. The van der Waals surface area contributed by atoms with Crippen LogP contribution in [-0.4, -0.2) is 42.9 Å². The number of hydrogen-bond acceptors (Lipinski definition) is 7. The molecule has 1 aliphatic carbocycles. The van der Waals surface area contributed by atoms with Gasteiger partial charge in [0.05, 0.1) is 13.7 Å². The van der Waals surface area contributed by atoms with Crippen molar-refractivity contribution in [2.45, 2.75) is 51.9 Å². The Hall–Kier alpha value is -2.87. The van der Waals surface area contributed by atoms with Crippen molar-refractivity contribution in [1.29, 1.82) is 0 Å². The average Bonchev–Trinajstić information content (AvgIpc) is 3.21. The molecule has 0 saturated carbocycles. The Morgan fingerprint density at radius 1 is 1.21 bits per heavy atom. The van der Waals surface area contributed by atoms with Crippen LogP contribution in [0.5, 0.6) is 5.75 Å². The maximum atomic E-state index is 11.9. The highest BCUT2D eigenvalue weighted by Gasteiger charge is 2.23. The van der Waals surface area contributed by atoms with Crippen molar-refractivity contribution in [3.05, 3.63) is 41.7 Å². The lowest BCUT2D eigenvalue weighted by atomic mass is 9.86. The molecule has 1 aromatic heterocycles. The van der Waals surface area contributed by atoms with Crippen molar-refractivity contribution in [2.75, 3.05) is 31.7 Å². The molecule has 0 bridgehead atoms. The van der Waals surface area contributed by atoms with Gasteiger partial charge in [0.25, 0.3) is 0 Å². The van der Waals surface area contributed by atoms with Crippen molar-refractivity contribution in [2.24, 2.45) is 11.8 Å². The number of nitrogens with one attached hydrogen (secondary N) is 1. The zero-order chi connectivity index (χ0) is 23.0. The number of hydrogen-bond donors (Lipinski definition) is 1. The first-order valence-electron chi connectivity index (χ1n) is 12.0. The maximum Gasteiger partial charge on any atom is 0.324 e. The molecule has 1 aromatic carbocycles. The second-order valence-electron chi connectivity index (χ2n) is 8.84. The van der Waals surface area contributed by atoms with Gasteiger partial charge in [0.2, 0.25) is 5.91 Å². The number of aromatic nitrogens is 2. The van der Waals surface area contributed by atoms with E-state index in [9.17, 15) is 4.79 Å². The van der Waals surface area contributed by atoms with E-state index in [0.717, 1.165) is 76.2 Å². The second kappa shape index (κ2) is 11.3. The molecule has 178 valence electrons. The molecule has 1 aliphatic heterocycles. The van der Waals surface area contributed by atoms with Crippen LogP contribution in [0, 0.1) is 11.8 Å². The molecule has 2 aromatic rings. The Morgan fingerprint density at radius 2 is 2.06 bits per heavy atom. The molecule has 33 heavy (non-hydrogen) atoms. The fraction of sp³-hybridized carbons (Fsp3) is 0.560. The van der Waals surface area contributed by atoms with Gasteiger partial charge in [0.1, 0.15) is 5.75 Å². The van der Waals surface area contributed by atoms with E-state index in [0.29, 0.717) is 11.9 Å². The number of hydroxylamine groups is 1. The van der Waals surface area contributed by atoms with Gasteiger partial charge in [-0.15, -0.1) is 0 Å². The number of amides is 1. The van der Waals surface area contributed by atoms with Gasteiger partial charge in [-0.2, -0.15) is 4.98 Å². The van der Waals surface area contributed by atoms with Crippen LogP contribution < -0.4 is 15.1 Å². The van der Waals surface area contributed by atoms with E-state index in [2.05, 4.69) is 38.7 Å². The van der Waals surface area contributed by atoms with Crippen molar-refractivity contribution < 1.29 is 18.9 Å². The lowest BCUT2D eigenvalue weighted by Gasteiger charge is -2.21. The van der Waals surface area contributed by atoms with Crippen molar-refractivity contribution in [3.63, 3.8) is 0 Å². The average molecular weight is 455 g/mol. The Kier molecular flexibility index (Phi) is 7.99. The number of benzene rings is 1. The molecule has 2 unspecified atom stereocenters. The number of aryl methyl sites for hydroxylation is 1. The first-order valence-corrected chi connectivity index (χ1v) is 12.0. The summed E-state index contributed by atoms with van der Waals surface area (Å²) in [4.78, 5) is 23.3. The molecule has 0 spiro atoms. The summed E-state index contributed by atoms with van der Waals surface area (Å²) >= 11 is 0. The van der Waals surface area contributed by atoms with Gasteiger partial charge in [-0.3, -0.25) is 9.63 Å². The molecule has 2 heterocycles. The highest BCUT2D eigenvalue weighted by Crippen LogP contribution is 2.31. The van der Waals surface area contributed by atoms with Gasteiger partial charge in [-0.05, 0) is 67.7 Å². The quantitative estimate of drug-likeness (QED) is 0.599. The Morgan fingerprint density at radius 3 is 2.76 bits per heavy atom. The third-order valence-electron chi connectivity index (χ3n) is 6.59. The van der Waals surface area contributed by atoms with E-state index < -0.39 is 0 Å². The first kappa shape index (κ1) is 23.3. The van der Waals surface area contributed by atoms with Crippen LogP contribution in [0.25, 0.3) is 5.57 Å². The highest BCUT2D eigenvalue weighted by molar-refractivity contribution is 5.79. The van der Waals surface area contributed by atoms with E-state index in [-0.39, 0.29) is 11.8 Å². The normalized spacial score (nSPS) is 21.3. The van der Waals surface area contributed by atoms with Crippen LogP contribution in [0.3, 0.4) is 0 Å². The van der Waals surface area contributed by atoms with Gasteiger partial charge >= 0.3 is 6.01 Å². The number of anilines is 1. The third kappa shape index (κ3) is 6.13. The van der Waals surface area contributed by atoms with E-state index in [4.69, 9.17) is 14.1 Å². The van der Waals surface area contributed by atoms with E-state index in [1.807, 2.05) is 19.1 Å². The number of carbonyl (C=O) groups excluding carboxylic acids is 1. The topological polar surface area (TPSA) is 89.7 Å². The molecule has 1 saturated heterocycles. The predicted molar refractivity (Wildman–Crippen MR) is 126 cm³/mol. The number of rotatable bonds is 8. The number of allylic oxidation sites excluding steroid dienone is 2.